The van der Waals surface area contributed by atoms with E-state index in [0.717, 1.165) is 5.69 Å². The van der Waals surface area contributed by atoms with Crippen LogP contribution in [0.1, 0.15) is 10.4 Å². The molecule has 0 saturated carbocycles. The van der Waals surface area contributed by atoms with Crippen LogP contribution in [0, 0.1) is 0 Å². The van der Waals surface area contributed by atoms with E-state index in [1.54, 1.807) is 42.4 Å². The third-order valence-electron chi connectivity index (χ3n) is 3.92. The molecule has 0 unspecified atom stereocenters. The SMILES string of the molecule is CN(NC(=O)c1cccc(S(=O)(=O)Nc2ccc(Cl)cc2)c1)c1ccccc1. The molecule has 8 heteroatoms. The second kappa shape index (κ2) is 8.33. The maximum atomic E-state index is 12.6. The van der Waals surface area contributed by atoms with Crippen LogP contribution in [-0.2, 0) is 10.0 Å². The lowest BCUT2D eigenvalue weighted by molar-refractivity contribution is 0.0951. The van der Waals surface area contributed by atoms with Crippen molar-refractivity contribution in [1.29, 1.82) is 0 Å². The van der Waals surface area contributed by atoms with E-state index in [9.17, 15) is 13.2 Å². The number of nitrogens with zero attached hydrogens (tertiary/aromatic N) is 1. The number of benzene rings is 3. The fourth-order valence-corrected chi connectivity index (χ4v) is 3.70. The number of hydrogen-bond acceptors (Lipinski definition) is 4. The number of hydrazine groups is 1. The lowest BCUT2D eigenvalue weighted by atomic mass is 10.2. The molecule has 0 aliphatic rings. The van der Waals surface area contributed by atoms with E-state index < -0.39 is 15.9 Å². The molecule has 6 nitrogen and oxygen atoms in total. The summed E-state index contributed by atoms with van der Waals surface area (Å²) < 4.78 is 27.7. The van der Waals surface area contributed by atoms with Crippen molar-refractivity contribution >= 4 is 38.9 Å². The van der Waals surface area contributed by atoms with Gasteiger partial charge in [0.05, 0.1) is 10.6 Å². The predicted molar refractivity (Wildman–Crippen MR) is 111 cm³/mol. The van der Waals surface area contributed by atoms with Gasteiger partial charge in [0.1, 0.15) is 0 Å². The standard InChI is InChI=1S/C20H18ClN3O3S/c1-24(18-7-3-2-4-8-18)22-20(25)15-6-5-9-19(14-15)28(26,27)23-17-12-10-16(21)11-13-17/h2-14,23H,1H3,(H,22,25). The minimum absolute atomic E-state index is 0.0162. The van der Waals surface area contributed by atoms with Crippen molar-refractivity contribution in [3.05, 3.63) is 89.4 Å². The first kappa shape index (κ1) is 19.7. The number of hydrogen-bond donors (Lipinski definition) is 2. The molecule has 0 saturated heterocycles. The van der Waals surface area contributed by atoms with Crippen LogP contribution in [0.25, 0.3) is 0 Å². The summed E-state index contributed by atoms with van der Waals surface area (Å²) in [5.41, 5.74) is 4.11. The molecule has 0 aliphatic carbocycles. The van der Waals surface area contributed by atoms with Gasteiger partial charge in [-0.1, -0.05) is 35.9 Å². The van der Waals surface area contributed by atoms with E-state index in [1.165, 1.54) is 18.2 Å². The van der Waals surface area contributed by atoms with Gasteiger partial charge in [-0.15, -0.1) is 0 Å². The van der Waals surface area contributed by atoms with E-state index in [-0.39, 0.29) is 10.5 Å². The van der Waals surface area contributed by atoms with Gasteiger partial charge in [0.25, 0.3) is 15.9 Å². The Kier molecular flexibility index (Phi) is 5.87. The minimum atomic E-state index is -3.85. The number of amides is 1. The average Bonchev–Trinajstić information content (AvgIpc) is 2.70. The van der Waals surface area contributed by atoms with Gasteiger partial charge in [0.2, 0.25) is 0 Å². The molecule has 0 heterocycles. The summed E-state index contributed by atoms with van der Waals surface area (Å²) in [5, 5.41) is 2.07. The molecule has 0 atom stereocenters. The van der Waals surface area contributed by atoms with E-state index >= 15 is 0 Å². The molecular formula is C20H18ClN3O3S. The van der Waals surface area contributed by atoms with Crippen LogP contribution in [0.3, 0.4) is 0 Å². The first-order valence-electron chi connectivity index (χ1n) is 8.33. The van der Waals surface area contributed by atoms with Crippen LogP contribution < -0.4 is 15.2 Å². The molecule has 28 heavy (non-hydrogen) atoms. The third kappa shape index (κ3) is 4.82. The molecular weight excluding hydrogens is 398 g/mol. The van der Waals surface area contributed by atoms with Gasteiger partial charge < -0.3 is 0 Å². The number of para-hydroxylation sites is 1. The van der Waals surface area contributed by atoms with E-state index in [2.05, 4.69) is 10.1 Å². The Bertz CT molecular complexity index is 1070. The fraction of sp³-hybridized carbons (Fsp3) is 0.0500. The highest BCUT2D eigenvalue weighted by Crippen LogP contribution is 2.19. The zero-order valence-corrected chi connectivity index (χ0v) is 16.5. The molecule has 144 valence electrons. The smallest absolute Gasteiger partial charge is 0.269 e. The summed E-state index contributed by atoms with van der Waals surface area (Å²) in [6.45, 7) is 0. The second-order valence-corrected chi connectivity index (χ2v) is 8.09. The van der Waals surface area contributed by atoms with Crippen LogP contribution in [0.15, 0.2) is 83.8 Å². The van der Waals surface area contributed by atoms with Crippen LogP contribution in [0.5, 0.6) is 0 Å². The molecule has 3 aromatic rings. The number of carbonyl (C=O) groups is 1. The Morgan fingerprint density at radius 1 is 0.929 bits per heavy atom. The molecule has 0 radical (unpaired) electrons. The summed E-state index contributed by atoms with van der Waals surface area (Å²) >= 11 is 5.82. The topological polar surface area (TPSA) is 78.5 Å². The van der Waals surface area contributed by atoms with Gasteiger partial charge in [-0.25, -0.2) is 8.42 Å². The van der Waals surface area contributed by atoms with Gasteiger partial charge in [0.15, 0.2) is 0 Å². The first-order chi connectivity index (χ1) is 13.3. The lowest BCUT2D eigenvalue weighted by Crippen LogP contribution is -2.39. The number of halogens is 1. The van der Waals surface area contributed by atoms with Crippen LogP contribution in [0.2, 0.25) is 5.02 Å². The summed E-state index contributed by atoms with van der Waals surface area (Å²) in [7, 11) is -2.15. The van der Waals surface area contributed by atoms with Crippen LogP contribution in [-0.4, -0.2) is 21.4 Å². The maximum Gasteiger partial charge on any atom is 0.269 e. The predicted octanol–water partition coefficient (Wildman–Crippen LogP) is 3.92. The number of carbonyl (C=O) groups excluding carboxylic acids is 1. The van der Waals surface area contributed by atoms with Crippen molar-refractivity contribution in [2.45, 2.75) is 4.90 Å². The summed E-state index contributed by atoms with van der Waals surface area (Å²) in [6.07, 6.45) is 0. The molecule has 3 rings (SSSR count). The monoisotopic (exact) mass is 415 g/mol. The summed E-state index contributed by atoms with van der Waals surface area (Å²) in [4.78, 5) is 12.5. The number of nitrogens with one attached hydrogen (secondary N) is 2. The lowest BCUT2D eigenvalue weighted by Gasteiger charge is -2.20. The number of anilines is 2. The largest absolute Gasteiger partial charge is 0.288 e. The molecule has 3 aromatic carbocycles. The molecule has 0 spiro atoms. The van der Waals surface area contributed by atoms with Crippen molar-refractivity contribution < 1.29 is 13.2 Å². The molecule has 0 fully saturated rings. The Balaban J connectivity index is 1.77. The third-order valence-corrected chi connectivity index (χ3v) is 5.55. The van der Waals surface area contributed by atoms with Crippen molar-refractivity contribution in [3.8, 4) is 0 Å². The quantitative estimate of drug-likeness (QED) is 0.598. The zero-order chi connectivity index (χ0) is 20.1. The van der Waals surface area contributed by atoms with E-state index in [0.29, 0.717) is 10.7 Å². The first-order valence-corrected chi connectivity index (χ1v) is 10.2. The Morgan fingerprint density at radius 3 is 2.29 bits per heavy atom. The van der Waals surface area contributed by atoms with Gasteiger partial charge in [-0.05, 0) is 54.6 Å². The van der Waals surface area contributed by atoms with Crippen molar-refractivity contribution in [2.24, 2.45) is 0 Å². The van der Waals surface area contributed by atoms with E-state index in [1.807, 2.05) is 30.3 Å². The maximum absolute atomic E-state index is 12.6. The normalized spacial score (nSPS) is 10.9. The highest BCUT2D eigenvalue weighted by Gasteiger charge is 2.17. The molecule has 0 bridgehead atoms. The molecule has 1 amide bonds. The Labute approximate surface area is 168 Å². The van der Waals surface area contributed by atoms with Gasteiger partial charge in [0, 0.05) is 23.3 Å². The summed E-state index contributed by atoms with van der Waals surface area (Å²) in [6, 6.07) is 21.4. The van der Waals surface area contributed by atoms with Gasteiger partial charge in [-0.3, -0.25) is 20.0 Å². The van der Waals surface area contributed by atoms with Crippen molar-refractivity contribution in [3.63, 3.8) is 0 Å². The highest BCUT2D eigenvalue weighted by atomic mass is 35.5. The fourth-order valence-electron chi connectivity index (χ4n) is 2.47. The minimum Gasteiger partial charge on any atom is -0.288 e. The van der Waals surface area contributed by atoms with Crippen molar-refractivity contribution in [1.82, 2.24) is 5.43 Å². The zero-order valence-electron chi connectivity index (χ0n) is 15.0. The van der Waals surface area contributed by atoms with Gasteiger partial charge >= 0.3 is 0 Å². The van der Waals surface area contributed by atoms with Gasteiger partial charge in [-0.2, -0.15) is 0 Å². The Hall–Kier alpha value is -3.03. The Morgan fingerprint density at radius 2 is 1.61 bits per heavy atom. The van der Waals surface area contributed by atoms with E-state index in [4.69, 9.17) is 11.6 Å². The highest BCUT2D eigenvalue weighted by molar-refractivity contribution is 7.92. The molecule has 2 N–H and O–H groups in total. The average molecular weight is 416 g/mol. The second-order valence-electron chi connectivity index (χ2n) is 5.98. The van der Waals surface area contributed by atoms with Crippen molar-refractivity contribution in [2.75, 3.05) is 16.8 Å². The summed E-state index contributed by atoms with van der Waals surface area (Å²) in [5.74, 6) is -0.421. The van der Waals surface area contributed by atoms with Crippen LogP contribution in [0.4, 0.5) is 11.4 Å². The molecule has 0 aromatic heterocycles. The number of sulfonamides is 1. The number of rotatable bonds is 6. The molecule has 0 aliphatic heterocycles. The van der Waals surface area contributed by atoms with Crippen LogP contribution >= 0.6 is 11.6 Å².